The Morgan fingerprint density at radius 3 is 2.69 bits per heavy atom. The fourth-order valence-electron chi connectivity index (χ4n) is 3.52. The minimum absolute atomic E-state index is 0.0690. The van der Waals surface area contributed by atoms with Crippen molar-refractivity contribution in [1.29, 1.82) is 0 Å². The molecule has 35 heavy (non-hydrogen) atoms. The minimum Gasteiger partial charge on any atom is -0.872 e. The number of hydrogen-bond acceptors (Lipinski definition) is 12. The molecule has 2 aromatic heterocycles. The van der Waals surface area contributed by atoms with E-state index in [1.807, 2.05) is 13.8 Å². The van der Waals surface area contributed by atoms with Crippen molar-refractivity contribution in [2.45, 2.75) is 44.4 Å². The Morgan fingerprint density at radius 2 is 1.97 bits per heavy atom. The number of benzene rings is 1. The average molecular weight is 508 g/mol. The van der Waals surface area contributed by atoms with Crippen molar-refractivity contribution in [2.24, 2.45) is 0 Å². The Kier molecular flexibility index (Phi) is 6.86. The van der Waals surface area contributed by atoms with Gasteiger partial charge >= 0.3 is 10.3 Å². The van der Waals surface area contributed by atoms with Crippen LogP contribution in [0, 0.1) is 0 Å². The molecule has 0 radical (unpaired) electrons. The number of imidazole rings is 1. The number of para-hydroxylation sites is 1. The predicted molar refractivity (Wildman–Crippen MR) is 118 cm³/mol. The highest BCUT2D eigenvalue weighted by Gasteiger charge is 2.45. The van der Waals surface area contributed by atoms with Crippen LogP contribution in [0.4, 0.5) is 5.82 Å². The van der Waals surface area contributed by atoms with Crippen molar-refractivity contribution in [1.82, 2.24) is 24.2 Å². The van der Waals surface area contributed by atoms with Gasteiger partial charge in [0.2, 0.25) is 0 Å². The summed E-state index contributed by atoms with van der Waals surface area (Å²) in [4.78, 5) is 24.7. The quantitative estimate of drug-likeness (QED) is 0.291. The molecule has 3 aromatic rings. The van der Waals surface area contributed by atoms with Crippen molar-refractivity contribution in [3.8, 4) is 5.75 Å². The number of anilines is 1. The van der Waals surface area contributed by atoms with E-state index < -0.39 is 53.1 Å². The number of aromatic nitrogens is 4. The van der Waals surface area contributed by atoms with E-state index >= 15 is 0 Å². The second-order valence-electron chi connectivity index (χ2n) is 8.06. The van der Waals surface area contributed by atoms with Gasteiger partial charge in [0, 0.05) is 11.6 Å². The third-order valence-electron chi connectivity index (χ3n) is 5.13. The molecule has 0 spiro atoms. The molecule has 0 bridgehead atoms. The summed E-state index contributed by atoms with van der Waals surface area (Å²) in [5.74, 6) is -1.36. The molecular weight excluding hydrogens is 484 g/mol. The fourth-order valence-corrected chi connectivity index (χ4v) is 4.23. The zero-order valence-electron chi connectivity index (χ0n) is 18.6. The van der Waals surface area contributed by atoms with Gasteiger partial charge in [-0.3, -0.25) is 13.5 Å². The maximum Gasteiger partial charge on any atom is 0.362 e. The van der Waals surface area contributed by atoms with Crippen molar-refractivity contribution in [2.75, 3.05) is 11.9 Å². The smallest absolute Gasteiger partial charge is 0.362 e. The number of aliphatic hydroxyl groups is 2. The lowest BCUT2D eigenvalue weighted by Gasteiger charge is -2.17. The van der Waals surface area contributed by atoms with Crippen LogP contribution in [0.5, 0.6) is 5.75 Å². The first-order valence-corrected chi connectivity index (χ1v) is 11.9. The molecule has 1 aliphatic heterocycles. The Balaban J connectivity index is 1.45. The number of carbonyl (C=O) groups is 1. The topological polar surface area (TPSA) is 201 Å². The molecule has 188 valence electrons. The molecule has 4 N–H and O–H groups in total. The van der Waals surface area contributed by atoms with Crippen LogP contribution in [0.2, 0.25) is 0 Å². The van der Waals surface area contributed by atoms with Gasteiger partial charge < -0.3 is 25.4 Å². The molecular formula is C20H23N6O8S-. The number of aliphatic hydroxyl groups excluding tert-OH is 2. The monoisotopic (exact) mass is 507 g/mol. The van der Waals surface area contributed by atoms with E-state index in [0.29, 0.717) is 17.0 Å². The number of nitrogens with zero attached hydrogens (tertiary/aromatic N) is 4. The molecule has 4 rings (SSSR count). The Labute approximate surface area is 199 Å². The maximum atomic E-state index is 12.2. The molecule has 15 heteroatoms. The Hall–Kier alpha value is -3.37. The number of amides is 1. The molecule has 1 aromatic carbocycles. The number of fused-ring (bicyclic) bond motifs is 1. The van der Waals surface area contributed by atoms with E-state index in [1.54, 1.807) is 4.72 Å². The summed E-state index contributed by atoms with van der Waals surface area (Å²) in [6.07, 6.45) is -2.77. The van der Waals surface area contributed by atoms with E-state index in [-0.39, 0.29) is 11.6 Å². The predicted octanol–water partition coefficient (Wildman–Crippen LogP) is -0.969. The lowest BCUT2D eigenvalue weighted by molar-refractivity contribution is -0.268. The standard InChI is InChI=1S/C20H24N6O8S/c1-10(2)24-17-14-18(22-8-21-17)26(9-23-14)20-16(29)15(28)13(34-20)7-33-35(31,32)25-19(30)11-5-3-4-6-12(11)27/h3-6,8-10,13,15-16,20,27-29H,7H2,1-2H3,(H,25,30)(H,21,22,24)/p-1/t13-,15-,16-,20-/m1/s1. The van der Waals surface area contributed by atoms with Gasteiger partial charge in [-0.2, -0.15) is 8.42 Å². The lowest BCUT2D eigenvalue weighted by Crippen LogP contribution is -2.38. The molecule has 0 aliphatic carbocycles. The van der Waals surface area contributed by atoms with Crippen LogP contribution in [0.25, 0.3) is 11.2 Å². The average Bonchev–Trinajstić information content (AvgIpc) is 3.34. The van der Waals surface area contributed by atoms with Crippen molar-refractivity contribution in [3.63, 3.8) is 0 Å². The summed E-state index contributed by atoms with van der Waals surface area (Å²) in [6.45, 7) is 3.12. The van der Waals surface area contributed by atoms with Crippen molar-refractivity contribution in [3.05, 3.63) is 42.5 Å². The summed E-state index contributed by atoms with van der Waals surface area (Å²) in [6, 6.07) is 5.15. The molecule has 1 fully saturated rings. The maximum absolute atomic E-state index is 12.2. The van der Waals surface area contributed by atoms with Gasteiger partial charge in [-0.1, -0.05) is 30.0 Å². The van der Waals surface area contributed by atoms with Gasteiger partial charge in [-0.25, -0.2) is 19.7 Å². The summed E-state index contributed by atoms with van der Waals surface area (Å²) >= 11 is 0. The van der Waals surface area contributed by atoms with E-state index in [1.165, 1.54) is 35.4 Å². The van der Waals surface area contributed by atoms with E-state index in [9.17, 15) is 28.5 Å². The van der Waals surface area contributed by atoms with Crippen LogP contribution in [0.15, 0.2) is 36.9 Å². The van der Waals surface area contributed by atoms with Crippen molar-refractivity contribution >= 4 is 33.2 Å². The van der Waals surface area contributed by atoms with Crippen LogP contribution in [-0.4, -0.2) is 75.0 Å². The van der Waals surface area contributed by atoms with Crippen LogP contribution < -0.4 is 15.1 Å². The van der Waals surface area contributed by atoms with Gasteiger partial charge in [-0.15, -0.1) is 0 Å². The number of ether oxygens (including phenoxy) is 1. The highest BCUT2D eigenvalue weighted by Crippen LogP contribution is 2.32. The number of carbonyl (C=O) groups excluding carboxylic acids is 1. The third kappa shape index (κ3) is 5.18. The fraction of sp³-hybridized carbons (Fsp3) is 0.400. The molecule has 1 aliphatic rings. The van der Waals surface area contributed by atoms with Crippen LogP contribution in [-0.2, 0) is 19.2 Å². The summed E-state index contributed by atoms with van der Waals surface area (Å²) in [5.41, 5.74) is 0.347. The molecule has 4 atom stereocenters. The second-order valence-corrected chi connectivity index (χ2v) is 9.41. The Morgan fingerprint density at radius 1 is 1.23 bits per heavy atom. The largest absolute Gasteiger partial charge is 0.872 e. The van der Waals surface area contributed by atoms with Gasteiger partial charge in [0.05, 0.1) is 12.9 Å². The molecule has 0 saturated carbocycles. The first-order chi connectivity index (χ1) is 16.6. The molecule has 1 amide bonds. The zero-order chi connectivity index (χ0) is 25.3. The van der Waals surface area contributed by atoms with Gasteiger partial charge in [-0.05, 0) is 13.8 Å². The third-order valence-corrected chi connectivity index (χ3v) is 6.01. The van der Waals surface area contributed by atoms with Crippen LogP contribution in [0.1, 0.15) is 30.4 Å². The highest BCUT2D eigenvalue weighted by atomic mass is 32.2. The van der Waals surface area contributed by atoms with E-state index in [2.05, 4.69) is 20.3 Å². The first kappa shape index (κ1) is 24.7. The molecule has 1 saturated heterocycles. The van der Waals surface area contributed by atoms with Gasteiger partial charge in [0.25, 0.3) is 5.91 Å². The highest BCUT2D eigenvalue weighted by molar-refractivity contribution is 7.85. The lowest BCUT2D eigenvalue weighted by atomic mass is 10.1. The van der Waals surface area contributed by atoms with Crippen LogP contribution in [0.3, 0.4) is 0 Å². The SMILES string of the molecule is CC(C)Nc1ncnc2c1ncn2[C@@H]1O[C@H](COS(=O)(=O)NC(=O)c2ccccc2[O-])[C@@H](O)[C@H]1O. The summed E-state index contributed by atoms with van der Waals surface area (Å²) in [5, 5.41) is 35.8. The van der Waals surface area contributed by atoms with Crippen LogP contribution >= 0.6 is 0 Å². The zero-order valence-corrected chi connectivity index (χ0v) is 19.4. The molecule has 14 nitrogen and oxygen atoms in total. The number of rotatable bonds is 8. The summed E-state index contributed by atoms with van der Waals surface area (Å²) in [7, 11) is -4.66. The normalized spacial score (nSPS) is 22.5. The van der Waals surface area contributed by atoms with E-state index in [0.717, 1.165) is 6.07 Å². The summed E-state index contributed by atoms with van der Waals surface area (Å²) < 4.78 is 37.8. The number of hydrogen-bond donors (Lipinski definition) is 4. The first-order valence-electron chi connectivity index (χ1n) is 10.5. The molecule has 3 heterocycles. The van der Waals surface area contributed by atoms with E-state index in [4.69, 9.17) is 8.92 Å². The second kappa shape index (κ2) is 9.71. The van der Waals surface area contributed by atoms with Gasteiger partial charge in [0.15, 0.2) is 23.2 Å². The molecule has 0 unspecified atom stereocenters. The number of nitrogens with one attached hydrogen (secondary N) is 2. The van der Waals surface area contributed by atoms with Gasteiger partial charge in [0.1, 0.15) is 24.6 Å². The minimum atomic E-state index is -4.66. The Bertz CT molecular complexity index is 1330. The van der Waals surface area contributed by atoms with Crippen molar-refractivity contribution < 1.29 is 37.5 Å².